The molecule has 2 N–H and O–H groups in total. The molecular formula is C8H7BrFNO. The molecule has 1 amide bonds. The fourth-order valence-corrected chi connectivity index (χ4v) is 1.33. The van der Waals surface area contributed by atoms with Gasteiger partial charge in [-0.15, -0.1) is 0 Å². The number of hydrogen-bond acceptors (Lipinski definition) is 1. The molecule has 0 aliphatic heterocycles. The summed E-state index contributed by atoms with van der Waals surface area (Å²) in [5, 5.41) is 0. The van der Waals surface area contributed by atoms with Crippen molar-refractivity contribution in [3.8, 4) is 0 Å². The minimum atomic E-state index is -0.635. The van der Waals surface area contributed by atoms with E-state index in [0.29, 0.717) is 10.0 Å². The molecular weight excluding hydrogens is 225 g/mol. The second-order valence-electron chi connectivity index (χ2n) is 2.45. The third-order valence-electron chi connectivity index (χ3n) is 1.48. The number of hydrogen-bond donors (Lipinski definition) is 1. The lowest BCUT2D eigenvalue weighted by molar-refractivity contribution is 0.0999. The summed E-state index contributed by atoms with van der Waals surface area (Å²) in [5.41, 5.74) is 5.85. The Labute approximate surface area is 77.7 Å². The highest BCUT2D eigenvalue weighted by atomic mass is 79.9. The average Bonchev–Trinajstić information content (AvgIpc) is 1.96. The molecule has 0 aromatic heterocycles. The second kappa shape index (κ2) is 3.23. The topological polar surface area (TPSA) is 43.1 Å². The summed E-state index contributed by atoms with van der Waals surface area (Å²) in [6, 6.07) is 2.44. The third kappa shape index (κ3) is 1.64. The molecule has 0 saturated carbocycles. The largest absolute Gasteiger partial charge is 0.366 e. The van der Waals surface area contributed by atoms with Gasteiger partial charge < -0.3 is 5.73 Å². The van der Waals surface area contributed by atoms with Crippen molar-refractivity contribution in [1.82, 2.24) is 0 Å². The Morgan fingerprint density at radius 2 is 2.17 bits per heavy atom. The number of carbonyl (C=O) groups excluding carboxylic acids is 1. The van der Waals surface area contributed by atoms with Crippen molar-refractivity contribution in [3.63, 3.8) is 0 Å². The van der Waals surface area contributed by atoms with Gasteiger partial charge in [-0.25, -0.2) is 4.39 Å². The van der Waals surface area contributed by atoms with Crippen molar-refractivity contribution in [3.05, 3.63) is 33.5 Å². The zero-order chi connectivity index (χ0) is 9.30. The molecule has 1 aromatic rings. The number of rotatable bonds is 1. The minimum Gasteiger partial charge on any atom is -0.366 e. The van der Waals surface area contributed by atoms with Crippen LogP contribution in [0.2, 0.25) is 0 Å². The summed E-state index contributed by atoms with van der Waals surface area (Å²) in [5.74, 6) is -1.09. The van der Waals surface area contributed by atoms with Gasteiger partial charge in [-0.05, 0) is 40.5 Å². The average molecular weight is 232 g/mol. The molecule has 0 aliphatic carbocycles. The maximum atomic E-state index is 12.7. The van der Waals surface area contributed by atoms with E-state index in [9.17, 15) is 9.18 Å². The normalized spacial score (nSPS) is 9.92. The predicted octanol–water partition coefficient (Wildman–Crippen LogP) is 2.00. The molecule has 1 rings (SSSR count). The van der Waals surface area contributed by atoms with Crippen LogP contribution in [-0.4, -0.2) is 5.91 Å². The van der Waals surface area contributed by atoms with Crippen LogP contribution in [0.1, 0.15) is 15.9 Å². The van der Waals surface area contributed by atoms with E-state index >= 15 is 0 Å². The van der Waals surface area contributed by atoms with Gasteiger partial charge in [0.15, 0.2) is 0 Å². The molecule has 0 heterocycles. The SMILES string of the molecule is Cc1cc(F)cc(C(N)=O)c1Br. The van der Waals surface area contributed by atoms with Crippen LogP contribution in [0.25, 0.3) is 0 Å². The molecule has 0 saturated heterocycles. The van der Waals surface area contributed by atoms with Crippen LogP contribution in [0.4, 0.5) is 4.39 Å². The molecule has 0 bridgehead atoms. The first-order chi connectivity index (χ1) is 5.52. The van der Waals surface area contributed by atoms with Gasteiger partial charge in [0.25, 0.3) is 0 Å². The minimum absolute atomic E-state index is 0.174. The number of aryl methyl sites for hydroxylation is 1. The number of amides is 1. The highest BCUT2D eigenvalue weighted by Gasteiger charge is 2.09. The van der Waals surface area contributed by atoms with E-state index in [-0.39, 0.29) is 5.56 Å². The Morgan fingerprint density at radius 3 is 2.67 bits per heavy atom. The monoisotopic (exact) mass is 231 g/mol. The number of benzene rings is 1. The first-order valence-corrected chi connectivity index (χ1v) is 4.07. The van der Waals surface area contributed by atoms with Gasteiger partial charge in [0, 0.05) is 4.47 Å². The lowest BCUT2D eigenvalue weighted by Crippen LogP contribution is -2.12. The highest BCUT2D eigenvalue weighted by molar-refractivity contribution is 9.10. The summed E-state index contributed by atoms with van der Waals surface area (Å²) in [4.78, 5) is 10.8. The van der Waals surface area contributed by atoms with Gasteiger partial charge in [-0.3, -0.25) is 4.79 Å². The molecule has 2 nitrogen and oxygen atoms in total. The Hall–Kier alpha value is -0.900. The second-order valence-corrected chi connectivity index (χ2v) is 3.24. The molecule has 0 unspecified atom stereocenters. The Bertz CT molecular complexity index is 338. The predicted molar refractivity (Wildman–Crippen MR) is 47.4 cm³/mol. The maximum absolute atomic E-state index is 12.7. The van der Waals surface area contributed by atoms with E-state index in [1.54, 1.807) is 6.92 Å². The van der Waals surface area contributed by atoms with Crippen molar-refractivity contribution in [1.29, 1.82) is 0 Å². The van der Waals surface area contributed by atoms with Gasteiger partial charge >= 0.3 is 0 Å². The van der Waals surface area contributed by atoms with Gasteiger partial charge in [-0.2, -0.15) is 0 Å². The number of carbonyl (C=O) groups is 1. The summed E-state index contributed by atoms with van der Waals surface area (Å²) >= 11 is 3.15. The van der Waals surface area contributed by atoms with Crippen LogP contribution in [0.5, 0.6) is 0 Å². The van der Waals surface area contributed by atoms with Crippen LogP contribution < -0.4 is 5.73 Å². The fourth-order valence-electron chi connectivity index (χ4n) is 0.905. The van der Waals surface area contributed by atoms with Crippen molar-refractivity contribution in [2.24, 2.45) is 5.73 Å². The van der Waals surface area contributed by atoms with E-state index < -0.39 is 11.7 Å². The number of nitrogens with two attached hydrogens (primary N) is 1. The number of primary amides is 1. The van der Waals surface area contributed by atoms with E-state index in [4.69, 9.17) is 5.73 Å². The van der Waals surface area contributed by atoms with E-state index in [1.807, 2.05) is 0 Å². The highest BCUT2D eigenvalue weighted by Crippen LogP contribution is 2.22. The van der Waals surface area contributed by atoms with Crippen molar-refractivity contribution in [2.45, 2.75) is 6.92 Å². The molecule has 0 aliphatic rings. The lowest BCUT2D eigenvalue weighted by Gasteiger charge is -2.03. The summed E-state index contributed by atoms with van der Waals surface area (Å²) in [6.07, 6.45) is 0. The molecule has 4 heteroatoms. The maximum Gasteiger partial charge on any atom is 0.249 e. The first kappa shape index (κ1) is 9.19. The molecule has 0 fully saturated rings. The smallest absolute Gasteiger partial charge is 0.249 e. The van der Waals surface area contributed by atoms with Crippen LogP contribution >= 0.6 is 15.9 Å². The molecule has 12 heavy (non-hydrogen) atoms. The van der Waals surface area contributed by atoms with Crippen LogP contribution in [0.15, 0.2) is 16.6 Å². The zero-order valence-corrected chi connectivity index (χ0v) is 7.98. The first-order valence-electron chi connectivity index (χ1n) is 3.28. The standard InChI is InChI=1S/C8H7BrFNO/c1-4-2-5(10)3-6(7(4)9)8(11)12/h2-3H,1H3,(H2,11,12). The molecule has 64 valence electrons. The third-order valence-corrected chi connectivity index (χ3v) is 2.54. The Kier molecular flexibility index (Phi) is 2.47. The summed E-state index contributed by atoms with van der Waals surface area (Å²) in [7, 11) is 0. The molecule has 1 aromatic carbocycles. The van der Waals surface area contributed by atoms with Gasteiger partial charge in [-0.1, -0.05) is 0 Å². The molecule has 0 spiro atoms. The van der Waals surface area contributed by atoms with Crippen molar-refractivity contribution >= 4 is 21.8 Å². The van der Waals surface area contributed by atoms with Gasteiger partial charge in [0.1, 0.15) is 5.82 Å². The van der Waals surface area contributed by atoms with E-state index in [1.165, 1.54) is 6.07 Å². The van der Waals surface area contributed by atoms with E-state index in [0.717, 1.165) is 6.07 Å². The summed E-state index contributed by atoms with van der Waals surface area (Å²) < 4.78 is 13.3. The zero-order valence-electron chi connectivity index (χ0n) is 6.40. The number of halogens is 2. The van der Waals surface area contributed by atoms with E-state index in [2.05, 4.69) is 15.9 Å². The van der Waals surface area contributed by atoms with Crippen molar-refractivity contribution in [2.75, 3.05) is 0 Å². The Morgan fingerprint density at radius 1 is 1.58 bits per heavy atom. The van der Waals surface area contributed by atoms with Crippen LogP contribution in [0, 0.1) is 12.7 Å². The molecule has 0 radical (unpaired) electrons. The van der Waals surface area contributed by atoms with Crippen molar-refractivity contribution < 1.29 is 9.18 Å². The summed E-state index contributed by atoms with van der Waals surface area (Å²) in [6.45, 7) is 1.69. The lowest BCUT2D eigenvalue weighted by atomic mass is 10.1. The van der Waals surface area contributed by atoms with Crippen LogP contribution in [0.3, 0.4) is 0 Å². The van der Waals surface area contributed by atoms with Crippen LogP contribution in [-0.2, 0) is 0 Å². The van der Waals surface area contributed by atoms with Gasteiger partial charge in [0.2, 0.25) is 5.91 Å². The quantitative estimate of drug-likeness (QED) is 0.790. The Balaban J connectivity index is 3.37. The fraction of sp³-hybridized carbons (Fsp3) is 0.125. The van der Waals surface area contributed by atoms with Gasteiger partial charge in [0.05, 0.1) is 5.56 Å². The molecule has 0 atom stereocenters.